The van der Waals surface area contributed by atoms with Crippen molar-refractivity contribution in [3.8, 4) is 11.8 Å². The lowest BCUT2D eigenvalue weighted by molar-refractivity contribution is -0.120. The molecule has 0 saturated heterocycles. The maximum atomic E-state index is 11.9. The minimum Gasteiger partial charge on any atom is -0.484 e. The lowest BCUT2D eigenvalue weighted by atomic mass is 10.2. The number of carbonyl (C=O) groups is 2. The fourth-order valence-corrected chi connectivity index (χ4v) is 1.85. The SMILES string of the molecule is N#Cc1cccc(NC(=O)/C=C/c2ccc(OCC(N)=O)cc2)c1. The fourth-order valence-electron chi connectivity index (χ4n) is 1.85. The van der Waals surface area contributed by atoms with Gasteiger partial charge in [0.1, 0.15) is 5.75 Å². The standard InChI is InChI=1S/C18H15N3O3/c19-11-14-2-1-3-15(10-14)21-18(23)9-6-13-4-7-16(8-5-13)24-12-17(20)22/h1-10H,12H2,(H2,20,22)(H,21,23)/b9-6+. The first kappa shape index (κ1) is 16.8. The Kier molecular flexibility index (Phi) is 5.70. The Labute approximate surface area is 139 Å². The highest BCUT2D eigenvalue weighted by atomic mass is 16.5. The smallest absolute Gasteiger partial charge is 0.255 e. The van der Waals surface area contributed by atoms with Crippen LogP contribution in [-0.4, -0.2) is 18.4 Å². The van der Waals surface area contributed by atoms with E-state index in [1.54, 1.807) is 54.6 Å². The van der Waals surface area contributed by atoms with E-state index < -0.39 is 5.91 Å². The van der Waals surface area contributed by atoms with E-state index in [1.165, 1.54) is 6.08 Å². The van der Waals surface area contributed by atoms with Crippen molar-refractivity contribution in [3.63, 3.8) is 0 Å². The van der Waals surface area contributed by atoms with Gasteiger partial charge in [-0.15, -0.1) is 0 Å². The number of rotatable bonds is 6. The van der Waals surface area contributed by atoms with Gasteiger partial charge in [0.05, 0.1) is 11.6 Å². The summed E-state index contributed by atoms with van der Waals surface area (Å²) >= 11 is 0. The Hall–Kier alpha value is -3.59. The normalized spacial score (nSPS) is 10.1. The number of benzene rings is 2. The average Bonchev–Trinajstić information content (AvgIpc) is 2.59. The molecule has 0 saturated carbocycles. The molecule has 6 nitrogen and oxygen atoms in total. The number of ether oxygens (including phenoxy) is 1. The van der Waals surface area contributed by atoms with Crippen LogP contribution in [0.15, 0.2) is 54.6 Å². The average molecular weight is 321 g/mol. The summed E-state index contributed by atoms with van der Waals surface area (Å²) in [6, 6.07) is 15.5. The van der Waals surface area contributed by atoms with Crippen LogP contribution in [0.3, 0.4) is 0 Å². The number of nitrogens with one attached hydrogen (secondary N) is 1. The molecular formula is C18H15N3O3. The van der Waals surface area contributed by atoms with Crippen LogP contribution < -0.4 is 15.8 Å². The molecule has 0 fully saturated rings. The Morgan fingerprint density at radius 3 is 2.62 bits per heavy atom. The number of amides is 2. The van der Waals surface area contributed by atoms with Crippen LogP contribution in [0.25, 0.3) is 6.08 Å². The first-order valence-electron chi connectivity index (χ1n) is 7.07. The molecule has 0 radical (unpaired) electrons. The van der Waals surface area contributed by atoms with Crippen molar-refractivity contribution in [3.05, 3.63) is 65.7 Å². The van der Waals surface area contributed by atoms with Crippen molar-refractivity contribution in [1.29, 1.82) is 5.26 Å². The van der Waals surface area contributed by atoms with Crippen LogP contribution in [0.5, 0.6) is 5.75 Å². The Morgan fingerprint density at radius 2 is 1.96 bits per heavy atom. The second kappa shape index (κ2) is 8.15. The van der Waals surface area contributed by atoms with Crippen molar-refractivity contribution in [2.45, 2.75) is 0 Å². The van der Waals surface area contributed by atoms with Crippen LogP contribution in [0.2, 0.25) is 0 Å². The number of carbonyl (C=O) groups excluding carboxylic acids is 2. The van der Waals surface area contributed by atoms with E-state index in [9.17, 15) is 9.59 Å². The van der Waals surface area contributed by atoms with E-state index in [2.05, 4.69) is 5.32 Å². The number of nitriles is 1. The molecule has 0 atom stereocenters. The van der Waals surface area contributed by atoms with Gasteiger partial charge in [0.2, 0.25) is 5.91 Å². The predicted molar refractivity (Wildman–Crippen MR) is 90.0 cm³/mol. The van der Waals surface area contributed by atoms with Crippen LogP contribution >= 0.6 is 0 Å². The molecule has 24 heavy (non-hydrogen) atoms. The number of nitrogens with zero attached hydrogens (tertiary/aromatic N) is 1. The van der Waals surface area contributed by atoms with Gasteiger partial charge in [-0.1, -0.05) is 18.2 Å². The van der Waals surface area contributed by atoms with E-state index in [0.29, 0.717) is 17.0 Å². The van der Waals surface area contributed by atoms with Gasteiger partial charge < -0.3 is 15.8 Å². The maximum Gasteiger partial charge on any atom is 0.255 e. The minimum atomic E-state index is -0.545. The van der Waals surface area contributed by atoms with Crippen LogP contribution in [-0.2, 0) is 9.59 Å². The van der Waals surface area contributed by atoms with Crippen LogP contribution in [0.1, 0.15) is 11.1 Å². The topological polar surface area (TPSA) is 105 Å². The third-order valence-corrected chi connectivity index (χ3v) is 2.95. The molecule has 0 heterocycles. The maximum absolute atomic E-state index is 11.9. The number of primary amides is 1. The number of hydrogen-bond acceptors (Lipinski definition) is 4. The zero-order valence-corrected chi connectivity index (χ0v) is 12.7. The van der Waals surface area contributed by atoms with Gasteiger partial charge in [-0.05, 0) is 42.0 Å². The summed E-state index contributed by atoms with van der Waals surface area (Å²) in [7, 11) is 0. The third-order valence-electron chi connectivity index (χ3n) is 2.95. The fraction of sp³-hybridized carbons (Fsp3) is 0.0556. The van der Waals surface area contributed by atoms with Gasteiger partial charge in [0.25, 0.3) is 5.91 Å². The van der Waals surface area contributed by atoms with E-state index in [-0.39, 0.29) is 12.5 Å². The molecule has 2 rings (SSSR count). The largest absolute Gasteiger partial charge is 0.484 e. The predicted octanol–water partition coefficient (Wildman–Crippen LogP) is 2.07. The van der Waals surface area contributed by atoms with E-state index in [4.69, 9.17) is 15.7 Å². The van der Waals surface area contributed by atoms with Gasteiger partial charge in [-0.25, -0.2) is 0 Å². The number of nitrogens with two attached hydrogens (primary N) is 1. The first-order chi connectivity index (χ1) is 11.6. The third kappa shape index (κ3) is 5.31. The molecule has 2 aromatic carbocycles. The van der Waals surface area contributed by atoms with Gasteiger partial charge >= 0.3 is 0 Å². The molecule has 0 spiro atoms. The highest BCUT2D eigenvalue weighted by Gasteiger charge is 2.00. The zero-order chi connectivity index (χ0) is 17.4. The molecule has 0 bridgehead atoms. The second-order valence-electron chi connectivity index (χ2n) is 4.84. The van der Waals surface area contributed by atoms with E-state index in [0.717, 1.165) is 5.56 Å². The molecule has 3 N–H and O–H groups in total. The van der Waals surface area contributed by atoms with Gasteiger partial charge in [0.15, 0.2) is 6.61 Å². The number of anilines is 1. The van der Waals surface area contributed by atoms with Crippen molar-refractivity contribution in [1.82, 2.24) is 0 Å². The van der Waals surface area contributed by atoms with Crippen LogP contribution in [0.4, 0.5) is 5.69 Å². The monoisotopic (exact) mass is 321 g/mol. The molecule has 0 aliphatic heterocycles. The first-order valence-corrected chi connectivity index (χ1v) is 7.07. The summed E-state index contributed by atoms with van der Waals surface area (Å²) in [6.07, 6.45) is 3.03. The lowest BCUT2D eigenvalue weighted by Crippen LogP contribution is -2.19. The summed E-state index contributed by atoms with van der Waals surface area (Å²) in [6.45, 7) is -0.181. The summed E-state index contributed by atoms with van der Waals surface area (Å²) in [5, 5.41) is 11.5. The summed E-state index contributed by atoms with van der Waals surface area (Å²) in [4.78, 5) is 22.5. The van der Waals surface area contributed by atoms with Crippen molar-refractivity contribution >= 4 is 23.6 Å². The number of hydrogen-bond donors (Lipinski definition) is 2. The Morgan fingerprint density at radius 1 is 1.21 bits per heavy atom. The van der Waals surface area contributed by atoms with Gasteiger partial charge in [-0.3, -0.25) is 9.59 Å². The molecule has 0 aliphatic rings. The molecule has 6 heteroatoms. The summed E-state index contributed by atoms with van der Waals surface area (Å²) in [5.74, 6) is -0.334. The van der Waals surface area contributed by atoms with E-state index in [1.807, 2.05) is 6.07 Å². The van der Waals surface area contributed by atoms with Crippen LogP contribution in [0, 0.1) is 11.3 Å². The van der Waals surface area contributed by atoms with Crippen molar-refractivity contribution < 1.29 is 14.3 Å². The molecule has 0 aliphatic carbocycles. The quantitative estimate of drug-likeness (QED) is 0.794. The molecule has 2 amide bonds. The van der Waals surface area contributed by atoms with E-state index >= 15 is 0 Å². The van der Waals surface area contributed by atoms with Crippen molar-refractivity contribution in [2.24, 2.45) is 5.73 Å². The van der Waals surface area contributed by atoms with Gasteiger partial charge in [-0.2, -0.15) is 5.26 Å². The highest BCUT2D eigenvalue weighted by Crippen LogP contribution is 2.13. The molecular weight excluding hydrogens is 306 g/mol. The Balaban J connectivity index is 1.93. The zero-order valence-electron chi connectivity index (χ0n) is 12.7. The van der Waals surface area contributed by atoms with Gasteiger partial charge in [0, 0.05) is 11.8 Å². The highest BCUT2D eigenvalue weighted by molar-refractivity contribution is 6.02. The van der Waals surface area contributed by atoms with Crippen molar-refractivity contribution in [2.75, 3.05) is 11.9 Å². The molecule has 2 aromatic rings. The molecule has 0 unspecified atom stereocenters. The summed E-state index contributed by atoms with van der Waals surface area (Å²) < 4.78 is 5.14. The summed E-state index contributed by atoms with van der Waals surface area (Å²) in [5.41, 5.74) is 6.82. The lowest BCUT2D eigenvalue weighted by Gasteiger charge is -2.04. The molecule has 0 aromatic heterocycles. The molecule has 120 valence electrons. The minimum absolute atomic E-state index is 0.181. The second-order valence-corrected chi connectivity index (χ2v) is 4.84. The Bertz CT molecular complexity index is 805.